The topological polar surface area (TPSA) is 87.8 Å². The lowest BCUT2D eigenvalue weighted by molar-refractivity contribution is 0.555. The number of nitrogens with zero attached hydrogens (tertiary/aromatic N) is 4. The first-order valence-electron chi connectivity index (χ1n) is 6.09. The van der Waals surface area contributed by atoms with E-state index in [0.29, 0.717) is 13.0 Å². The molecule has 0 aromatic carbocycles. The lowest BCUT2D eigenvalue weighted by Crippen LogP contribution is -2.40. The normalized spacial score (nSPS) is 10.8. The quantitative estimate of drug-likeness (QED) is 0.745. The SMILES string of the molecule is Cn1cc(CCn2ccc(=O)n(CCN)c2=O)cn1. The molecule has 0 bridgehead atoms. The summed E-state index contributed by atoms with van der Waals surface area (Å²) >= 11 is 0. The van der Waals surface area contributed by atoms with Crippen LogP contribution in [0.1, 0.15) is 5.56 Å². The summed E-state index contributed by atoms with van der Waals surface area (Å²) in [6.07, 6.45) is 5.88. The predicted octanol–water partition coefficient (Wildman–Crippen LogP) is -1.06. The molecule has 0 aliphatic carbocycles. The Kier molecular flexibility index (Phi) is 3.96. The highest BCUT2D eigenvalue weighted by atomic mass is 16.2. The molecule has 7 nitrogen and oxygen atoms in total. The molecule has 0 fully saturated rings. The number of hydrogen-bond donors (Lipinski definition) is 1. The fraction of sp³-hybridized carbons (Fsp3) is 0.417. The molecule has 2 aromatic rings. The molecule has 2 rings (SSSR count). The monoisotopic (exact) mass is 263 g/mol. The third-order valence-corrected chi connectivity index (χ3v) is 2.89. The molecule has 2 aromatic heterocycles. The van der Waals surface area contributed by atoms with Gasteiger partial charge in [-0.1, -0.05) is 0 Å². The third-order valence-electron chi connectivity index (χ3n) is 2.89. The van der Waals surface area contributed by atoms with Crippen LogP contribution in [0, 0.1) is 0 Å². The van der Waals surface area contributed by atoms with Crippen molar-refractivity contribution in [3.8, 4) is 0 Å². The highest BCUT2D eigenvalue weighted by Gasteiger charge is 2.05. The van der Waals surface area contributed by atoms with Crippen molar-refractivity contribution in [2.75, 3.05) is 6.54 Å². The van der Waals surface area contributed by atoms with Crippen molar-refractivity contribution >= 4 is 0 Å². The smallest absolute Gasteiger partial charge is 0.329 e. The molecule has 0 aliphatic rings. The fourth-order valence-corrected chi connectivity index (χ4v) is 1.91. The number of hydrogen-bond acceptors (Lipinski definition) is 4. The molecule has 0 radical (unpaired) electrons. The minimum absolute atomic E-state index is 0.241. The minimum atomic E-state index is -0.318. The van der Waals surface area contributed by atoms with Gasteiger partial charge in [-0.15, -0.1) is 0 Å². The van der Waals surface area contributed by atoms with Crippen LogP contribution in [0.15, 0.2) is 34.2 Å². The molecular weight excluding hydrogens is 246 g/mol. The number of aromatic nitrogens is 4. The summed E-state index contributed by atoms with van der Waals surface area (Å²) in [5, 5.41) is 4.07. The zero-order valence-electron chi connectivity index (χ0n) is 10.8. The average Bonchev–Trinajstić information content (AvgIpc) is 2.79. The van der Waals surface area contributed by atoms with Gasteiger partial charge in [0.1, 0.15) is 0 Å². The van der Waals surface area contributed by atoms with Gasteiger partial charge in [0, 0.05) is 45.1 Å². The van der Waals surface area contributed by atoms with E-state index in [1.165, 1.54) is 16.8 Å². The van der Waals surface area contributed by atoms with Crippen molar-refractivity contribution in [1.29, 1.82) is 0 Å². The van der Waals surface area contributed by atoms with E-state index < -0.39 is 0 Å². The Bertz CT molecular complexity index is 667. The van der Waals surface area contributed by atoms with Gasteiger partial charge < -0.3 is 10.3 Å². The van der Waals surface area contributed by atoms with E-state index in [-0.39, 0.29) is 24.3 Å². The van der Waals surface area contributed by atoms with Gasteiger partial charge in [-0.25, -0.2) is 4.79 Å². The lowest BCUT2D eigenvalue weighted by Gasteiger charge is -2.08. The summed E-state index contributed by atoms with van der Waals surface area (Å²) in [4.78, 5) is 23.6. The van der Waals surface area contributed by atoms with Crippen molar-refractivity contribution in [2.45, 2.75) is 19.5 Å². The summed E-state index contributed by atoms with van der Waals surface area (Å²) in [5.41, 5.74) is 5.81. The molecule has 0 amide bonds. The van der Waals surface area contributed by atoms with E-state index in [0.717, 1.165) is 10.1 Å². The van der Waals surface area contributed by atoms with Crippen LogP contribution in [-0.4, -0.2) is 25.5 Å². The molecule has 0 saturated heterocycles. The zero-order chi connectivity index (χ0) is 13.8. The molecule has 0 aliphatic heterocycles. The fourth-order valence-electron chi connectivity index (χ4n) is 1.91. The van der Waals surface area contributed by atoms with Crippen LogP contribution in [-0.2, 0) is 26.6 Å². The minimum Gasteiger partial charge on any atom is -0.329 e. The van der Waals surface area contributed by atoms with Crippen molar-refractivity contribution in [3.63, 3.8) is 0 Å². The van der Waals surface area contributed by atoms with Gasteiger partial charge in [0.15, 0.2) is 0 Å². The summed E-state index contributed by atoms with van der Waals surface area (Å²) in [5.74, 6) is 0. The Morgan fingerprint density at radius 3 is 2.74 bits per heavy atom. The largest absolute Gasteiger partial charge is 0.331 e. The third kappa shape index (κ3) is 3.00. The van der Waals surface area contributed by atoms with Crippen molar-refractivity contribution in [2.24, 2.45) is 12.8 Å². The standard InChI is InChI=1S/C12H17N5O2/c1-15-9-10(8-14-15)2-5-16-6-3-11(18)17(7-4-13)12(16)19/h3,6,8-9H,2,4-5,7,13H2,1H3. The Morgan fingerprint density at radius 1 is 1.32 bits per heavy atom. The first-order chi connectivity index (χ1) is 9.11. The Labute approximate surface area is 109 Å². The van der Waals surface area contributed by atoms with E-state index in [9.17, 15) is 9.59 Å². The molecule has 0 unspecified atom stereocenters. The average molecular weight is 263 g/mol. The van der Waals surface area contributed by atoms with Gasteiger partial charge in [-0.3, -0.25) is 14.0 Å². The molecule has 2 heterocycles. The van der Waals surface area contributed by atoms with E-state index in [4.69, 9.17) is 5.73 Å². The summed E-state index contributed by atoms with van der Waals surface area (Å²) in [7, 11) is 1.84. The van der Waals surface area contributed by atoms with Crippen LogP contribution in [0.3, 0.4) is 0 Å². The number of rotatable bonds is 5. The Hall–Kier alpha value is -2.15. The predicted molar refractivity (Wildman–Crippen MR) is 70.9 cm³/mol. The van der Waals surface area contributed by atoms with Crippen molar-refractivity contribution < 1.29 is 0 Å². The summed E-state index contributed by atoms with van der Waals surface area (Å²) in [6, 6.07) is 1.39. The lowest BCUT2D eigenvalue weighted by atomic mass is 10.2. The number of aryl methyl sites for hydroxylation is 3. The van der Waals surface area contributed by atoms with Gasteiger partial charge in [-0.2, -0.15) is 5.10 Å². The van der Waals surface area contributed by atoms with E-state index >= 15 is 0 Å². The second kappa shape index (κ2) is 5.66. The molecule has 2 N–H and O–H groups in total. The maximum atomic E-state index is 12.1. The molecule has 102 valence electrons. The van der Waals surface area contributed by atoms with Crippen LogP contribution in [0.2, 0.25) is 0 Å². The second-order valence-corrected chi connectivity index (χ2v) is 4.34. The highest BCUT2D eigenvalue weighted by Crippen LogP contribution is 1.98. The number of nitrogens with two attached hydrogens (primary N) is 1. The summed E-state index contributed by atoms with van der Waals surface area (Å²) in [6.45, 7) is 1.02. The van der Waals surface area contributed by atoms with Gasteiger partial charge in [0.05, 0.1) is 6.20 Å². The zero-order valence-corrected chi connectivity index (χ0v) is 10.8. The first kappa shape index (κ1) is 13.3. The van der Waals surface area contributed by atoms with E-state index in [2.05, 4.69) is 5.10 Å². The maximum absolute atomic E-state index is 12.1. The van der Waals surface area contributed by atoms with E-state index in [1.807, 2.05) is 13.2 Å². The molecule has 19 heavy (non-hydrogen) atoms. The van der Waals surface area contributed by atoms with Gasteiger partial charge in [0.2, 0.25) is 0 Å². The van der Waals surface area contributed by atoms with Crippen LogP contribution in [0.25, 0.3) is 0 Å². The van der Waals surface area contributed by atoms with Crippen LogP contribution in [0.5, 0.6) is 0 Å². The Morgan fingerprint density at radius 2 is 2.11 bits per heavy atom. The van der Waals surface area contributed by atoms with Crippen molar-refractivity contribution in [1.82, 2.24) is 18.9 Å². The van der Waals surface area contributed by atoms with Gasteiger partial charge in [-0.05, 0) is 12.0 Å². The molecule has 7 heteroatoms. The molecule has 0 spiro atoms. The van der Waals surface area contributed by atoms with E-state index in [1.54, 1.807) is 10.9 Å². The maximum Gasteiger partial charge on any atom is 0.331 e. The Balaban J connectivity index is 2.19. The first-order valence-corrected chi connectivity index (χ1v) is 6.09. The molecule has 0 atom stereocenters. The molecular formula is C12H17N5O2. The van der Waals surface area contributed by atoms with Gasteiger partial charge >= 0.3 is 5.69 Å². The van der Waals surface area contributed by atoms with Crippen molar-refractivity contribution in [3.05, 3.63) is 51.1 Å². The van der Waals surface area contributed by atoms with Crippen LogP contribution in [0.4, 0.5) is 0 Å². The summed E-state index contributed by atoms with van der Waals surface area (Å²) < 4.78 is 4.39. The molecule has 0 saturated carbocycles. The van der Waals surface area contributed by atoms with Gasteiger partial charge in [0.25, 0.3) is 5.56 Å². The van der Waals surface area contributed by atoms with Crippen LogP contribution >= 0.6 is 0 Å². The van der Waals surface area contributed by atoms with Crippen LogP contribution < -0.4 is 17.0 Å². The highest BCUT2D eigenvalue weighted by molar-refractivity contribution is 5.03. The second-order valence-electron chi connectivity index (χ2n) is 4.34.